The van der Waals surface area contributed by atoms with Gasteiger partial charge in [-0.1, -0.05) is 30.3 Å². The van der Waals surface area contributed by atoms with Crippen LogP contribution in [0.5, 0.6) is 5.75 Å². The van der Waals surface area contributed by atoms with Crippen molar-refractivity contribution in [1.82, 2.24) is 15.3 Å². The Hall–Kier alpha value is -2.33. The van der Waals surface area contributed by atoms with Crippen molar-refractivity contribution in [1.29, 1.82) is 0 Å². The molecule has 3 rings (SSSR count). The van der Waals surface area contributed by atoms with E-state index in [9.17, 15) is 5.11 Å². The highest BCUT2D eigenvalue weighted by Crippen LogP contribution is 2.17. The molecular weight excluding hydrogens is 250 g/mol. The van der Waals surface area contributed by atoms with E-state index in [2.05, 4.69) is 27.4 Å². The Labute approximate surface area is 117 Å². The molecule has 0 spiro atoms. The smallest absolute Gasteiger partial charge is 0.117 e. The van der Waals surface area contributed by atoms with Crippen LogP contribution in [0.4, 0.5) is 0 Å². The van der Waals surface area contributed by atoms with Gasteiger partial charge in [-0.3, -0.25) is 0 Å². The van der Waals surface area contributed by atoms with Gasteiger partial charge in [0.15, 0.2) is 0 Å². The fourth-order valence-electron chi connectivity index (χ4n) is 2.20. The van der Waals surface area contributed by atoms with Crippen molar-refractivity contribution in [2.75, 3.05) is 6.54 Å². The predicted molar refractivity (Wildman–Crippen MR) is 79.6 cm³/mol. The third-order valence-electron chi connectivity index (χ3n) is 3.23. The molecule has 0 amide bonds. The molecule has 0 atom stereocenters. The number of aromatic amines is 1. The van der Waals surface area contributed by atoms with E-state index in [1.165, 1.54) is 5.56 Å². The lowest BCUT2D eigenvalue weighted by atomic mass is 10.2. The Kier molecular flexibility index (Phi) is 3.65. The maximum atomic E-state index is 9.42. The van der Waals surface area contributed by atoms with E-state index in [4.69, 9.17) is 0 Å². The first-order chi connectivity index (χ1) is 9.81. The molecule has 102 valence electrons. The minimum absolute atomic E-state index is 0.259. The second kappa shape index (κ2) is 5.75. The summed E-state index contributed by atoms with van der Waals surface area (Å²) in [6.07, 6.45) is 0.836. The minimum Gasteiger partial charge on any atom is -0.508 e. The molecular formula is C16H17N3O. The third kappa shape index (κ3) is 2.97. The zero-order valence-electron chi connectivity index (χ0n) is 11.1. The van der Waals surface area contributed by atoms with Gasteiger partial charge in [-0.25, -0.2) is 4.98 Å². The molecule has 0 aliphatic rings. The van der Waals surface area contributed by atoms with Crippen LogP contribution in [-0.2, 0) is 13.0 Å². The maximum Gasteiger partial charge on any atom is 0.117 e. The standard InChI is InChI=1S/C16H17N3O/c20-13-6-7-14-15(10-13)19-16(18-14)8-9-17-11-12-4-2-1-3-5-12/h1-7,10,17,20H,8-9,11H2,(H,18,19). The number of H-pyrrole nitrogens is 1. The lowest BCUT2D eigenvalue weighted by Gasteiger charge is -2.03. The van der Waals surface area contributed by atoms with Crippen LogP contribution in [0.15, 0.2) is 48.5 Å². The van der Waals surface area contributed by atoms with Crippen molar-refractivity contribution in [3.05, 3.63) is 59.9 Å². The predicted octanol–water partition coefficient (Wildman–Crippen LogP) is 2.60. The zero-order valence-corrected chi connectivity index (χ0v) is 11.1. The summed E-state index contributed by atoms with van der Waals surface area (Å²) in [4.78, 5) is 7.72. The summed E-state index contributed by atoms with van der Waals surface area (Å²) in [5.74, 6) is 1.20. The molecule has 3 aromatic rings. The summed E-state index contributed by atoms with van der Waals surface area (Å²) in [5, 5.41) is 12.8. The largest absolute Gasteiger partial charge is 0.508 e. The van der Waals surface area contributed by atoms with Crippen LogP contribution in [0, 0.1) is 0 Å². The van der Waals surface area contributed by atoms with E-state index in [-0.39, 0.29) is 5.75 Å². The highest BCUT2D eigenvalue weighted by atomic mass is 16.3. The molecule has 1 heterocycles. The molecule has 4 heteroatoms. The number of fused-ring (bicyclic) bond motifs is 1. The van der Waals surface area contributed by atoms with Crippen molar-refractivity contribution in [3.8, 4) is 5.75 Å². The quantitative estimate of drug-likeness (QED) is 0.623. The summed E-state index contributed by atoms with van der Waals surface area (Å²) in [7, 11) is 0. The van der Waals surface area contributed by atoms with Gasteiger partial charge in [0.25, 0.3) is 0 Å². The Bertz CT molecular complexity index is 691. The first-order valence-electron chi connectivity index (χ1n) is 6.73. The van der Waals surface area contributed by atoms with Crippen molar-refractivity contribution in [2.24, 2.45) is 0 Å². The first kappa shape index (κ1) is 12.7. The molecule has 0 aliphatic heterocycles. The minimum atomic E-state index is 0.259. The van der Waals surface area contributed by atoms with Gasteiger partial charge < -0.3 is 15.4 Å². The summed E-state index contributed by atoms with van der Waals surface area (Å²) >= 11 is 0. The van der Waals surface area contributed by atoms with Crippen LogP contribution < -0.4 is 5.32 Å². The summed E-state index contributed by atoms with van der Waals surface area (Å²) in [5.41, 5.74) is 3.05. The highest BCUT2D eigenvalue weighted by Gasteiger charge is 2.03. The van der Waals surface area contributed by atoms with Gasteiger partial charge in [0.2, 0.25) is 0 Å². The number of aromatic hydroxyl groups is 1. The van der Waals surface area contributed by atoms with Crippen LogP contribution in [0.2, 0.25) is 0 Å². The molecule has 0 unspecified atom stereocenters. The van der Waals surface area contributed by atoms with Crippen LogP contribution in [0.3, 0.4) is 0 Å². The van der Waals surface area contributed by atoms with Crippen LogP contribution in [0.25, 0.3) is 11.0 Å². The van der Waals surface area contributed by atoms with Crippen molar-refractivity contribution < 1.29 is 5.11 Å². The number of nitrogens with zero attached hydrogens (tertiary/aromatic N) is 1. The summed E-state index contributed by atoms with van der Waals surface area (Å²) < 4.78 is 0. The molecule has 0 aliphatic carbocycles. The second-order valence-corrected chi connectivity index (χ2v) is 4.80. The number of hydrogen-bond acceptors (Lipinski definition) is 3. The lowest BCUT2D eigenvalue weighted by Crippen LogP contribution is -2.17. The van der Waals surface area contributed by atoms with Crippen LogP contribution in [0.1, 0.15) is 11.4 Å². The van der Waals surface area contributed by atoms with Gasteiger partial charge in [-0.15, -0.1) is 0 Å². The number of aromatic nitrogens is 2. The molecule has 0 saturated heterocycles. The van der Waals surface area contributed by atoms with Gasteiger partial charge in [-0.05, 0) is 17.7 Å². The van der Waals surface area contributed by atoms with E-state index >= 15 is 0 Å². The third-order valence-corrected chi connectivity index (χ3v) is 3.23. The van der Waals surface area contributed by atoms with Crippen LogP contribution >= 0.6 is 0 Å². The van der Waals surface area contributed by atoms with E-state index in [1.807, 2.05) is 24.3 Å². The molecule has 2 aromatic carbocycles. The summed E-state index contributed by atoms with van der Waals surface area (Å²) in [6.45, 7) is 1.72. The second-order valence-electron chi connectivity index (χ2n) is 4.80. The fourth-order valence-corrected chi connectivity index (χ4v) is 2.20. The number of phenols is 1. The molecule has 0 saturated carbocycles. The molecule has 20 heavy (non-hydrogen) atoms. The van der Waals surface area contributed by atoms with Crippen molar-refractivity contribution >= 4 is 11.0 Å². The van der Waals surface area contributed by atoms with Gasteiger partial charge in [-0.2, -0.15) is 0 Å². The number of phenolic OH excluding ortho intramolecular Hbond substituents is 1. The highest BCUT2D eigenvalue weighted by molar-refractivity contribution is 5.76. The fraction of sp³-hybridized carbons (Fsp3) is 0.188. The van der Waals surface area contributed by atoms with Gasteiger partial charge in [0.1, 0.15) is 11.6 Å². The number of nitrogens with one attached hydrogen (secondary N) is 2. The molecule has 3 N–H and O–H groups in total. The van der Waals surface area contributed by atoms with Gasteiger partial charge >= 0.3 is 0 Å². The van der Waals surface area contributed by atoms with Crippen molar-refractivity contribution in [2.45, 2.75) is 13.0 Å². The Balaban J connectivity index is 1.55. The van der Waals surface area contributed by atoms with E-state index < -0.39 is 0 Å². The Morgan fingerprint density at radius 2 is 1.95 bits per heavy atom. The van der Waals surface area contributed by atoms with Crippen LogP contribution in [-0.4, -0.2) is 21.6 Å². The molecule has 0 bridgehead atoms. The normalized spacial score (nSPS) is 11.0. The van der Waals surface area contributed by atoms with Gasteiger partial charge in [0.05, 0.1) is 11.0 Å². The van der Waals surface area contributed by atoms with E-state index in [0.29, 0.717) is 0 Å². The monoisotopic (exact) mass is 267 g/mol. The van der Waals surface area contributed by atoms with E-state index in [0.717, 1.165) is 36.4 Å². The molecule has 0 radical (unpaired) electrons. The SMILES string of the molecule is Oc1ccc2nc(CCNCc3ccccc3)[nH]c2c1. The number of imidazole rings is 1. The number of rotatable bonds is 5. The zero-order chi connectivity index (χ0) is 13.8. The Morgan fingerprint density at radius 3 is 2.80 bits per heavy atom. The van der Waals surface area contributed by atoms with Gasteiger partial charge in [0, 0.05) is 25.6 Å². The average Bonchev–Trinajstić information content (AvgIpc) is 2.86. The lowest BCUT2D eigenvalue weighted by molar-refractivity contribution is 0.476. The first-order valence-corrected chi connectivity index (χ1v) is 6.73. The topological polar surface area (TPSA) is 60.9 Å². The number of hydrogen-bond donors (Lipinski definition) is 3. The molecule has 0 fully saturated rings. The number of benzene rings is 2. The summed E-state index contributed by atoms with van der Waals surface area (Å²) in [6, 6.07) is 15.5. The average molecular weight is 267 g/mol. The van der Waals surface area contributed by atoms with E-state index in [1.54, 1.807) is 12.1 Å². The molecule has 1 aromatic heterocycles. The Morgan fingerprint density at radius 1 is 1.10 bits per heavy atom. The maximum absolute atomic E-state index is 9.42. The molecule has 4 nitrogen and oxygen atoms in total. The van der Waals surface area contributed by atoms with Crippen molar-refractivity contribution in [3.63, 3.8) is 0 Å².